The van der Waals surface area contributed by atoms with Gasteiger partial charge in [-0.3, -0.25) is 4.79 Å². The molecule has 18 heavy (non-hydrogen) atoms. The summed E-state index contributed by atoms with van der Waals surface area (Å²) in [5.74, 6) is -0.270. The molecule has 3 nitrogen and oxygen atoms in total. The number of piperidine rings is 1. The van der Waals surface area contributed by atoms with Crippen molar-refractivity contribution in [1.29, 1.82) is 0 Å². The Morgan fingerprint density at radius 1 is 1.39 bits per heavy atom. The molecule has 1 heterocycles. The van der Waals surface area contributed by atoms with Crippen LogP contribution in [0.4, 0.5) is 13.2 Å². The molecule has 0 aromatic carbocycles. The van der Waals surface area contributed by atoms with Gasteiger partial charge in [0, 0.05) is 31.8 Å². The molecule has 1 unspecified atom stereocenters. The molecule has 1 saturated heterocycles. The highest BCUT2D eigenvalue weighted by molar-refractivity contribution is 5.78. The maximum Gasteiger partial charge on any atom is 0.417 e. The smallest absolute Gasteiger partial charge is 0.380 e. The van der Waals surface area contributed by atoms with E-state index in [1.165, 1.54) is 4.90 Å². The zero-order valence-electron chi connectivity index (χ0n) is 10.8. The molecule has 0 aromatic rings. The Hall–Kier alpha value is -0.780. The number of amides is 1. The number of hydrogen-bond acceptors (Lipinski definition) is 2. The molecule has 0 radical (unpaired) electrons. The number of likely N-dealkylation sites (tertiary alicyclic amines) is 1. The molecule has 0 spiro atoms. The van der Waals surface area contributed by atoms with Crippen LogP contribution in [0.5, 0.6) is 0 Å². The topological polar surface area (TPSA) is 40.5 Å². The van der Waals surface area contributed by atoms with Crippen molar-refractivity contribution < 1.29 is 23.1 Å². The molecule has 1 fully saturated rings. The zero-order valence-corrected chi connectivity index (χ0v) is 10.8. The van der Waals surface area contributed by atoms with Crippen LogP contribution in [0.2, 0.25) is 0 Å². The third-order valence-corrected chi connectivity index (χ3v) is 3.57. The van der Waals surface area contributed by atoms with Crippen molar-refractivity contribution >= 4 is 5.91 Å². The molecular weight excluding hydrogens is 247 g/mol. The van der Waals surface area contributed by atoms with E-state index < -0.39 is 24.6 Å². The standard InChI is InChI=1S/C12H20F3NO2/c1-3-4-9(2)10(17)16-7-5-11(18,6-8-16)12(13,14)15/h9,18H,3-8H2,1-2H3. The molecule has 1 aliphatic heterocycles. The van der Waals surface area contributed by atoms with E-state index in [2.05, 4.69) is 0 Å². The third-order valence-electron chi connectivity index (χ3n) is 3.57. The Bertz CT molecular complexity index is 296. The Balaban J connectivity index is 2.56. The first-order valence-corrected chi connectivity index (χ1v) is 6.29. The van der Waals surface area contributed by atoms with E-state index in [1.807, 2.05) is 6.92 Å². The van der Waals surface area contributed by atoms with Crippen LogP contribution in [-0.2, 0) is 4.79 Å². The summed E-state index contributed by atoms with van der Waals surface area (Å²) < 4.78 is 37.7. The lowest BCUT2D eigenvalue weighted by Crippen LogP contribution is -2.55. The number of aliphatic hydroxyl groups is 1. The number of rotatable bonds is 3. The molecular formula is C12H20F3NO2. The van der Waals surface area contributed by atoms with Gasteiger partial charge in [-0.05, 0) is 6.42 Å². The van der Waals surface area contributed by atoms with Gasteiger partial charge in [0.05, 0.1) is 0 Å². The minimum Gasteiger partial charge on any atom is -0.380 e. The minimum atomic E-state index is -4.61. The average molecular weight is 267 g/mol. The summed E-state index contributed by atoms with van der Waals surface area (Å²) in [7, 11) is 0. The molecule has 0 aliphatic carbocycles. The summed E-state index contributed by atoms with van der Waals surface area (Å²) in [6.07, 6.45) is -3.87. The van der Waals surface area contributed by atoms with Crippen LogP contribution in [0, 0.1) is 5.92 Å². The quantitative estimate of drug-likeness (QED) is 0.852. The maximum atomic E-state index is 12.6. The van der Waals surface area contributed by atoms with Crippen LogP contribution in [0.3, 0.4) is 0 Å². The fraction of sp³-hybridized carbons (Fsp3) is 0.917. The van der Waals surface area contributed by atoms with Gasteiger partial charge in [-0.2, -0.15) is 13.2 Å². The van der Waals surface area contributed by atoms with E-state index in [1.54, 1.807) is 6.92 Å². The number of nitrogens with zero attached hydrogens (tertiary/aromatic N) is 1. The van der Waals surface area contributed by atoms with E-state index in [-0.39, 0.29) is 24.9 Å². The van der Waals surface area contributed by atoms with E-state index >= 15 is 0 Å². The van der Waals surface area contributed by atoms with Crippen molar-refractivity contribution in [3.05, 3.63) is 0 Å². The average Bonchev–Trinajstić information content (AvgIpc) is 2.28. The molecule has 6 heteroatoms. The summed E-state index contributed by atoms with van der Waals surface area (Å²) in [5, 5.41) is 9.49. The normalized spacial score (nSPS) is 21.8. The highest BCUT2D eigenvalue weighted by Gasteiger charge is 2.54. The second kappa shape index (κ2) is 5.47. The van der Waals surface area contributed by atoms with Gasteiger partial charge in [0.1, 0.15) is 0 Å². The largest absolute Gasteiger partial charge is 0.417 e. The minimum absolute atomic E-state index is 0.0249. The highest BCUT2D eigenvalue weighted by atomic mass is 19.4. The molecule has 0 saturated carbocycles. The third kappa shape index (κ3) is 3.16. The van der Waals surface area contributed by atoms with Gasteiger partial charge in [-0.25, -0.2) is 0 Å². The summed E-state index contributed by atoms with van der Waals surface area (Å²) in [6, 6.07) is 0. The number of carbonyl (C=O) groups excluding carboxylic acids is 1. The van der Waals surface area contributed by atoms with Crippen molar-refractivity contribution in [2.75, 3.05) is 13.1 Å². The van der Waals surface area contributed by atoms with Crippen LogP contribution in [0.15, 0.2) is 0 Å². The lowest BCUT2D eigenvalue weighted by atomic mass is 9.90. The van der Waals surface area contributed by atoms with E-state index in [4.69, 9.17) is 0 Å². The summed E-state index contributed by atoms with van der Waals surface area (Å²) >= 11 is 0. The lowest BCUT2D eigenvalue weighted by molar-refractivity contribution is -0.272. The predicted octanol–water partition coefficient (Wildman–Crippen LogP) is 2.34. The van der Waals surface area contributed by atoms with Crippen molar-refractivity contribution in [3.63, 3.8) is 0 Å². The van der Waals surface area contributed by atoms with Crippen LogP contribution in [0.1, 0.15) is 39.5 Å². The Morgan fingerprint density at radius 2 is 1.89 bits per heavy atom. The Labute approximate surface area is 105 Å². The monoisotopic (exact) mass is 267 g/mol. The Kier molecular flexibility index (Phi) is 4.64. The fourth-order valence-electron chi connectivity index (χ4n) is 2.25. The molecule has 1 N–H and O–H groups in total. The number of alkyl halides is 3. The van der Waals surface area contributed by atoms with Gasteiger partial charge in [0.15, 0.2) is 5.60 Å². The summed E-state index contributed by atoms with van der Waals surface area (Å²) in [4.78, 5) is 13.3. The van der Waals surface area contributed by atoms with Crippen molar-refractivity contribution in [2.24, 2.45) is 5.92 Å². The number of halogens is 3. The molecule has 1 atom stereocenters. The van der Waals surface area contributed by atoms with Gasteiger partial charge < -0.3 is 10.0 Å². The maximum absolute atomic E-state index is 12.6. The SMILES string of the molecule is CCCC(C)C(=O)N1CCC(O)(C(F)(F)F)CC1. The van der Waals surface area contributed by atoms with Gasteiger partial charge in [0.25, 0.3) is 0 Å². The second-order valence-electron chi connectivity index (χ2n) is 5.04. The highest BCUT2D eigenvalue weighted by Crippen LogP contribution is 2.38. The lowest BCUT2D eigenvalue weighted by Gasteiger charge is -2.39. The zero-order chi connectivity index (χ0) is 14.0. The van der Waals surface area contributed by atoms with E-state index in [0.29, 0.717) is 0 Å². The molecule has 1 rings (SSSR count). The van der Waals surface area contributed by atoms with Crippen molar-refractivity contribution in [3.8, 4) is 0 Å². The number of hydrogen-bond donors (Lipinski definition) is 1. The van der Waals surface area contributed by atoms with Crippen LogP contribution < -0.4 is 0 Å². The van der Waals surface area contributed by atoms with Crippen molar-refractivity contribution in [2.45, 2.75) is 51.3 Å². The van der Waals surface area contributed by atoms with Gasteiger partial charge >= 0.3 is 6.18 Å². The fourth-order valence-corrected chi connectivity index (χ4v) is 2.25. The summed E-state index contributed by atoms with van der Waals surface area (Å²) in [5.41, 5.74) is -2.63. The first kappa shape index (κ1) is 15.3. The predicted molar refractivity (Wildman–Crippen MR) is 60.9 cm³/mol. The number of carbonyl (C=O) groups is 1. The van der Waals surface area contributed by atoms with Crippen LogP contribution in [0.25, 0.3) is 0 Å². The molecule has 0 aromatic heterocycles. The van der Waals surface area contributed by atoms with E-state index in [9.17, 15) is 23.1 Å². The molecule has 0 bridgehead atoms. The second-order valence-corrected chi connectivity index (χ2v) is 5.04. The first-order chi connectivity index (χ1) is 8.21. The molecule has 1 amide bonds. The van der Waals surface area contributed by atoms with E-state index in [0.717, 1.165) is 12.8 Å². The van der Waals surface area contributed by atoms with Crippen molar-refractivity contribution in [1.82, 2.24) is 4.90 Å². The van der Waals surface area contributed by atoms with Crippen LogP contribution in [-0.4, -0.2) is 40.8 Å². The van der Waals surface area contributed by atoms with Gasteiger partial charge in [-0.15, -0.1) is 0 Å². The summed E-state index contributed by atoms with van der Waals surface area (Å²) in [6.45, 7) is 3.70. The van der Waals surface area contributed by atoms with Gasteiger partial charge in [0.2, 0.25) is 5.91 Å². The Morgan fingerprint density at radius 3 is 2.28 bits per heavy atom. The van der Waals surface area contributed by atoms with Gasteiger partial charge in [-0.1, -0.05) is 20.3 Å². The molecule has 1 aliphatic rings. The van der Waals surface area contributed by atoms with Crippen LogP contribution >= 0.6 is 0 Å². The first-order valence-electron chi connectivity index (χ1n) is 6.29. The molecule has 106 valence electrons.